The maximum absolute atomic E-state index is 6.34. The number of para-hydroxylation sites is 1. The SMILES string of the molecule is Cc1nn(C)c(Cl)c1CN1c2ccccc2CC1C. The van der Waals surface area contributed by atoms with Crippen LogP contribution in [0.25, 0.3) is 0 Å². The maximum atomic E-state index is 6.34. The van der Waals surface area contributed by atoms with E-state index in [1.807, 2.05) is 14.0 Å². The first kappa shape index (κ1) is 12.5. The average molecular weight is 276 g/mol. The van der Waals surface area contributed by atoms with Crippen LogP contribution < -0.4 is 4.90 Å². The number of aromatic nitrogens is 2. The highest BCUT2D eigenvalue weighted by atomic mass is 35.5. The summed E-state index contributed by atoms with van der Waals surface area (Å²) in [5.41, 5.74) is 4.90. The first-order valence-electron chi connectivity index (χ1n) is 6.60. The van der Waals surface area contributed by atoms with Gasteiger partial charge in [-0.1, -0.05) is 29.8 Å². The Bertz CT molecular complexity index is 618. The number of benzene rings is 1. The van der Waals surface area contributed by atoms with E-state index >= 15 is 0 Å². The second-order valence-corrected chi connectivity index (χ2v) is 5.65. The van der Waals surface area contributed by atoms with Crippen LogP contribution in [0.5, 0.6) is 0 Å². The summed E-state index contributed by atoms with van der Waals surface area (Å²) in [6.45, 7) is 5.12. The molecule has 2 heterocycles. The smallest absolute Gasteiger partial charge is 0.131 e. The molecule has 1 aromatic carbocycles. The van der Waals surface area contributed by atoms with Crippen LogP contribution >= 0.6 is 11.6 Å². The van der Waals surface area contributed by atoms with Crippen LogP contribution in [0, 0.1) is 6.92 Å². The Hall–Kier alpha value is -1.48. The zero-order valence-electron chi connectivity index (χ0n) is 11.5. The summed E-state index contributed by atoms with van der Waals surface area (Å²) in [5, 5.41) is 5.14. The van der Waals surface area contributed by atoms with Gasteiger partial charge < -0.3 is 4.90 Å². The van der Waals surface area contributed by atoms with E-state index in [1.165, 1.54) is 11.3 Å². The van der Waals surface area contributed by atoms with Gasteiger partial charge in [-0.2, -0.15) is 5.10 Å². The summed E-state index contributed by atoms with van der Waals surface area (Å²) < 4.78 is 1.75. The lowest BCUT2D eigenvalue weighted by Gasteiger charge is -2.24. The number of hydrogen-bond donors (Lipinski definition) is 0. The minimum Gasteiger partial charge on any atom is -0.364 e. The molecule has 0 saturated heterocycles. The maximum Gasteiger partial charge on any atom is 0.131 e. The largest absolute Gasteiger partial charge is 0.364 e. The second kappa shape index (κ2) is 4.57. The predicted octanol–water partition coefficient (Wildman–Crippen LogP) is 3.33. The van der Waals surface area contributed by atoms with E-state index in [9.17, 15) is 0 Å². The van der Waals surface area contributed by atoms with Crippen molar-refractivity contribution < 1.29 is 0 Å². The van der Waals surface area contributed by atoms with Crippen molar-refractivity contribution in [2.24, 2.45) is 7.05 Å². The highest BCUT2D eigenvalue weighted by Gasteiger charge is 2.27. The van der Waals surface area contributed by atoms with Crippen LogP contribution in [0.15, 0.2) is 24.3 Å². The fourth-order valence-corrected chi connectivity index (χ4v) is 3.13. The molecule has 0 fully saturated rings. The molecular weight excluding hydrogens is 258 g/mol. The zero-order valence-corrected chi connectivity index (χ0v) is 12.3. The number of halogens is 1. The molecule has 4 heteroatoms. The minimum atomic E-state index is 0.507. The van der Waals surface area contributed by atoms with Crippen LogP contribution in [0.3, 0.4) is 0 Å². The third kappa shape index (κ3) is 2.02. The number of aryl methyl sites for hydroxylation is 2. The Balaban J connectivity index is 1.95. The van der Waals surface area contributed by atoms with Crippen molar-refractivity contribution in [3.8, 4) is 0 Å². The summed E-state index contributed by atoms with van der Waals surface area (Å²) in [7, 11) is 1.89. The molecule has 0 amide bonds. The highest BCUT2D eigenvalue weighted by Crippen LogP contribution is 2.34. The molecule has 0 bridgehead atoms. The normalized spacial score (nSPS) is 17.9. The third-order valence-electron chi connectivity index (χ3n) is 3.95. The average Bonchev–Trinajstić information content (AvgIpc) is 2.82. The number of fused-ring (bicyclic) bond motifs is 1. The summed E-state index contributed by atoms with van der Waals surface area (Å²) >= 11 is 6.34. The summed E-state index contributed by atoms with van der Waals surface area (Å²) in [4.78, 5) is 2.42. The molecule has 1 atom stereocenters. The van der Waals surface area contributed by atoms with Gasteiger partial charge in [0.05, 0.1) is 5.69 Å². The zero-order chi connectivity index (χ0) is 13.6. The van der Waals surface area contributed by atoms with Gasteiger partial charge in [0, 0.05) is 30.9 Å². The third-order valence-corrected chi connectivity index (χ3v) is 4.42. The van der Waals surface area contributed by atoms with Gasteiger partial charge in [-0.05, 0) is 31.9 Å². The van der Waals surface area contributed by atoms with Gasteiger partial charge in [-0.15, -0.1) is 0 Å². The van der Waals surface area contributed by atoms with Gasteiger partial charge in [0.25, 0.3) is 0 Å². The fraction of sp³-hybridized carbons (Fsp3) is 0.400. The van der Waals surface area contributed by atoms with Gasteiger partial charge >= 0.3 is 0 Å². The molecule has 3 rings (SSSR count). The highest BCUT2D eigenvalue weighted by molar-refractivity contribution is 6.30. The Kier molecular flexibility index (Phi) is 3.02. The molecule has 0 radical (unpaired) electrons. The Morgan fingerprint density at radius 1 is 1.37 bits per heavy atom. The van der Waals surface area contributed by atoms with E-state index in [2.05, 4.69) is 41.2 Å². The summed E-state index contributed by atoms with van der Waals surface area (Å²) in [5.74, 6) is 0. The lowest BCUT2D eigenvalue weighted by atomic mass is 10.1. The topological polar surface area (TPSA) is 21.1 Å². The van der Waals surface area contributed by atoms with Crippen molar-refractivity contribution in [3.05, 3.63) is 46.2 Å². The summed E-state index contributed by atoms with van der Waals surface area (Å²) in [6, 6.07) is 9.12. The quantitative estimate of drug-likeness (QED) is 0.838. The second-order valence-electron chi connectivity index (χ2n) is 5.29. The van der Waals surface area contributed by atoms with Crippen LogP contribution in [-0.4, -0.2) is 15.8 Å². The molecule has 100 valence electrons. The van der Waals surface area contributed by atoms with Crippen molar-refractivity contribution >= 4 is 17.3 Å². The van der Waals surface area contributed by atoms with Crippen molar-refractivity contribution in [3.63, 3.8) is 0 Å². The molecule has 0 saturated carbocycles. The molecule has 1 unspecified atom stereocenters. The van der Waals surface area contributed by atoms with Crippen LogP contribution in [0.1, 0.15) is 23.7 Å². The molecule has 2 aromatic rings. The van der Waals surface area contributed by atoms with Crippen LogP contribution in [-0.2, 0) is 20.0 Å². The summed E-state index contributed by atoms with van der Waals surface area (Å²) in [6.07, 6.45) is 1.10. The van der Waals surface area contributed by atoms with Crippen molar-refractivity contribution in [1.29, 1.82) is 0 Å². The van der Waals surface area contributed by atoms with E-state index < -0.39 is 0 Å². The van der Waals surface area contributed by atoms with Gasteiger partial charge in [0.2, 0.25) is 0 Å². The van der Waals surface area contributed by atoms with E-state index in [0.717, 1.165) is 29.4 Å². The van der Waals surface area contributed by atoms with Gasteiger partial charge in [0.15, 0.2) is 0 Å². The van der Waals surface area contributed by atoms with Gasteiger partial charge in [0.1, 0.15) is 5.15 Å². The first-order valence-corrected chi connectivity index (χ1v) is 6.98. The van der Waals surface area contributed by atoms with E-state index in [4.69, 9.17) is 11.6 Å². The van der Waals surface area contributed by atoms with Crippen LogP contribution in [0.2, 0.25) is 5.15 Å². The number of hydrogen-bond acceptors (Lipinski definition) is 2. The van der Waals surface area contributed by atoms with Crippen molar-refractivity contribution in [2.45, 2.75) is 32.9 Å². The number of rotatable bonds is 2. The van der Waals surface area contributed by atoms with Crippen LogP contribution in [0.4, 0.5) is 5.69 Å². The van der Waals surface area contributed by atoms with Crippen molar-refractivity contribution in [1.82, 2.24) is 9.78 Å². The number of nitrogens with zero attached hydrogens (tertiary/aromatic N) is 3. The van der Waals surface area contributed by atoms with E-state index in [-0.39, 0.29) is 0 Å². The van der Waals surface area contributed by atoms with E-state index in [1.54, 1.807) is 4.68 Å². The molecule has 19 heavy (non-hydrogen) atoms. The Morgan fingerprint density at radius 2 is 2.11 bits per heavy atom. The molecular formula is C15H18ClN3. The monoisotopic (exact) mass is 275 g/mol. The molecule has 0 aliphatic carbocycles. The molecule has 1 aromatic heterocycles. The molecule has 0 N–H and O–H groups in total. The number of anilines is 1. The van der Waals surface area contributed by atoms with Gasteiger partial charge in [-0.25, -0.2) is 0 Å². The molecule has 1 aliphatic rings. The first-order chi connectivity index (χ1) is 9.08. The Morgan fingerprint density at radius 3 is 2.79 bits per heavy atom. The predicted molar refractivity (Wildman–Crippen MR) is 78.7 cm³/mol. The lowest BCUT2D eigenvalue weighted by molar-refractivity contribution is 0.671. The fourth-order valence-electron chi connectivity index (χ4n) is 2.89. The molecule has 1 aliphatic heterocycles. The van der Waals surface area contributed by atoms with E-state index in [0.29, 0.717) is 6.04 Å². The standard InChI is InChI=1S/C15H18ClN3/c1-10-8-12-6-4-5-7-14(12)19(10)9-13-11(2)17-18(3)15(13)16/h4-7,10H,8-9H2,1-3H3. The van der Waals surface area contributed by atoms with Crippen molar-refractivity contribution in [2.75, 3.05) is 4.90 Å². The Labute approximate surface area is 118 Å². The molecule has 3 nitrogen and oxygen atoms in total. The minimum absolute atomic E-state index is 0.507. The van der Waals surface area contributed by atoms with Gasteiger partial charge in [-0.3, -0.25) is 4.68 Å². The molecule has 0 spiro atoms. The lowest BCUT2D eigenvalue weighted by Crippen LogP contribution is -2.28.